The lowest BCUT2D eigenvalue weighted by Gasteiger charge is -2.32. The first-order valence-electron chi connectivity index (χ1n) is 9.51. The van der Waals surface area contributed by atoms with Crippen LogP contribution in [0.5, 0.6) is 0 Å². The largest absolute Gasteiger partial charge is 0.382 e. The van der Waals surface area contributed by atoms with Gasteiger partial charge in [-0.25, -0.2) is 29.9 Å². The van der Waals surface area contributed by atoms with E-state index in [2.05, 4.69) is 20.6 Å². The van der Waals surface area contributed by atoms with Crippen molar-refractivity contribution in [2.24, 2.45) is 27.6 Å². The molecule has 1 saturated carbocycles. The number of nitrogens with zero attached hydrogens (tertiary/aromatic N) is 2. The standard InChI is InChI=1S/C18H23N9O3S2/c19-8-6-9(7-8)31(28)13-5-4-10(11-2-1-3-12-15(11)25-18(21)24-12)14(17(20)26-27-22)16(13)32(23,29)30/h1-5,8-9,27H,6-7,19,22H2,(H2,20,26)(H3,21,24,25)(H2,23,29,30). The fourth-order valence-electron chi connectivity index (χ4n) is 3.84. The Morgan fingerprint density at radius 1 is 1.22 bits per heavy atom. The first-order valence-corrected chi connectivity index (χ1v) is 12.3. The lowest BCUT2D eigenvalue weighted by molar-refractivity contribution is 0.422. The highest BCUT2D eigenvalue weighted by molar-refractivity contribution is 7.91. The molecule has 0 radical (unpaired) electrons. The summed E-state index contributed by atoms with van der Waals surface area (Å²) in [5, 5.41) is 9.06. The second-order valence-corrected chi connectivity index (χ2v) is 10.7. The second kappa shape index (κ2) is 8.14. The fraction of sp³-hybridized carbons (Fsp3) is 0.222. The third kappa shape index (κ3) is 3.82. The summed E-state index contributed by atoms with van der Waals surface area (Å²) >= 11 is 0. The zero-order valence-corrected chi connectivity index (χ0v) is 18.4. The summed E-state index contributed by atoms with van der Waals surface area (Å²) < 4.78 is 38.7. The molecule has 0 aliphatic heterocycles. The van der Waals surface area contributed by atoms with Gasteiger partial charge in [0.15, 0.2) is 11.8 Å². The lowest BCUT2D eigenvalue weighted by Crippen LogP contribution is -2.42. The number of amidine groups is 1. The van der Waals surface area contributed by atoms with Gasteiger partial charge in [0.2, 0.25) is 10.0 Å². The first-order chi connectivity index (χ1) is 15.1. The smallest absolute Gasteiger partial charge is 0.240 e. The zero-order chi connectivity index (χ0) is 23.2. The molecule has 1 aromatic heterocycles. The SMILES string of the molecule is NN/N=C(\N)c1c(-c2cccc3[nH]c(N)nc23)ccc(S(=O)C2CC(N)C2)c1S(N)(=O)=O. The molecule has 170 valence electrons. The Morgan fingerprint density at radius 2 is 1.94 bits per heavy atom. The molecule has 1 fully saturated rings. The minimum absolute atomic E-state index is 0.0333. The van der Waals surface area contributed by atoms with Crippen molar-refractivity contribution in [2.45, 2.75) is 33.9 Å². The number of nitrogens with two attached hydrogens (primary N) is 5. The van der Waals surface area contributed by atoms with Crippen LogP contribution in [0.4, 0.5) is 5.95 Å². The van der Waals surface area contributed by atoms with E-state index in [4.69, 9.17) is 28.2 Å². The van der Waals surface area contributed by atoms with E-state index in [9.17, 15) is 12.6 Å². The number of primary sulfonamides is 1. The number of nitrogens with one attached hydrogen (secondary N) is 2. The summed E-state index contributed by atoms with van der Waals surface area (Å²) in [7, 11) is -6.07. The van der Waals surface area contributed by atoms with Crippen molar-refractivity contribution < 1.29 is 12.6 Å². The maximum atomic E-state index is 13.2. The van der Waals surface area contributed by atoms with E-state index < -0.39 is 20.8 Å². The number of aromatic nitrogens is 2. The third-order valence-electron chi connectivity index (χ3n) is 5.32. The first kappa shape index (κ1) is 22.2. The third-order valence-corrected chi connectivity index (χ3v) is 8.21. The highest BCUT2D eigenvalue weighted by atomic mass is 32.2. The number of hydrogen-bond donors (Lipinski definition) is 7. The molecule has 12 N–H and O–H groups in total. The number of sulfonamides is 1. The van der Waals surface area contributed by atoms with Crippen LogP contribution in [-0.4, -0.2) is 39.7 Å². The summed E-state index contributed by atoms with van der Waals surface area (Å²) in [6.45, 7) is 0. The van der Waals surface area contributed by atoms with Gasteiger partial charge >= 0.3 is 0 Å². The van der Waals surface area contributed by atoms with Crippen LogP contribution >= 0.6 is 0 Å². The van der Waals surface area contributed by atoms with Crippen molar-refractivity contribution in [3.8, 4) is 11.1 Å². The molecule has 1 aliphatic carbocycles. The highest BCUT2D eigenvalue weighted by Crippen LogP contribution is 2.38. The Morgan fingerprint density at radius 3 is 2.56 bits per heavy atom. The van der Waals surface area contributed by atoms with E-state index in [-0.39, 0.29) is 38.4 Å². The average Bonchev–Trinajstić information content (AvgIpc) is 3.09. The maximum Gasteiger partial charge on any atom is 0.240 e. The summed E-state index contributed by atoms with van der Waals surface area (Å²) in [5.41, 5.74) is 21.8. The fourth-order valence-corrected chi connectivity index (χ4v) is 6.97. The number of benzene rings is 2. The van der Waals surface area contributed by atoms with Crippen molar-refractivity contribution in [3.05, 3.63) is 35.9 Å². The van der Waals surface area contributed by atoms with Crippen LogP contribution in [0.15, 0.2) is 45.2 Å². The summed E-state index contributed by atoms with van der Waals surface area (Å²) in [4.78, 5) is 6.86. The number of rotatable bonds is 6. The molecule has 3 aromatic rings. The molecule has 1 aliphatic rings. The monoisotopic (exact) mass is 477 g/mol. The van der Waals surface area contributed by atoms with E-state index in [1.807, 2.05) is 0 Å². The van der Waals surface area contributed by atoms with Crippen LogP contribution in [-0.2, 0) is 20.8 Å². The van der Waals surface area contributed by atoms with Gasteiger partial charge in [0, 0.05) is 22.4 Å². The van der Waals surface area contributed by atoms with E-state index in [0.717, 1.165) is 0 Å². The molecule has 1 heterocycles. The molecule has 32 heavy (non-hydrogen) atoms. The molecule has 0 bridgehead atoms. The number of nitrogen functional groups attached to an aromatic ring is 1. The van der Waals surface area contributed by atoms with E-state index >= 15 is 0 Å². The molecule has 12 nitrogen and oxygen atoms in total. The molecule has 14 heteroatoms. The van der Waals surface area contributed by atoms with E-state index in [1.54, 1.807) is 24.3 Å². The molecular weight excluding hydrogens is 454 g/mol. The van der Waals surface area contributed by atoms with Crippen LogP contribution in [0.2, 0.25) is 0 Å². The average molecular weight is 478 g/mol. The Hall–Kier alpha value is -3.04. The zero-order valence-electron chi connectivity index (χ0n) is 16.8. The summed E-state index contributed by atoms with van der Waals surface area (Å²) in [6.07, 6.45) is 1.01. The van der Waals surface area contributed by atoms with Gasteiger partial charge in [-0.2, -0.15) is 0 Å². The predicted octanol–water partition coefficient (Wildman–Crippen LogP) is -0.860. The van der Waals surface area contributed by atoms with Crippen molar-refractivity contribution in [3.63, 3.8) is 0 Å². The van der Waals surface area contributed by atoms with E-state index in [1.165, 1.54) is 6.07 Å². The van der Waals surface area contributed by atoms with Crippen molar-refractivity contribution in [1.29, 1.82) is 0 Å². The Kier molecular flexibility index (Phi) is 5.64. The minimum Gasteiger partial charge on any atom is -0.382 e. The number of aromatic amines is 1. The van der Waals surface area contributed by atoms with Gasteiger partial charge in [-0.3, -0.25) is 4.21 Å². The van der Waals surface area contributed by atoms with Gasteiger partial charge in [-0.05, 0) is 30.5 Å². The van der Waals surface area contributed by atoms with Crippen LogP contribution in [0.1, 0.15) is 18.4 Å². The second-order valence-electron chi connectivity index (χ2n) is 7.46. The van der Waals surface area contributed by atoms with Gasteiger partial charge in [0.1, 0.15) is 4.90 Å². The summed E-state index contributed by atoms with van der Waals surface area (Å²) in [5.74, 6) is 5.23. The Labute approximate surface area is 186 Å². The number of H-pyrrole nitrogens is 1. The number of anilines is 1. The molecular formula is C18H23N9O3S2. The normalized spacial score (nSPS) is 20.2. The van der Waals surface area contributed by atoms with Crippen molar-refractivity contribution in [2.75, 3.05) is 5.73 Å². The van der Waals surface area contributed by atoms with Gasteiger partial charge < -0.3 is 22.2 Å². The van der Waals surface area contributed by atoms with Gasteiger partial charge in [-0.1, -0.05) is 18.2 Å². The molecule has 0 saturated heterocycles. The Bertz CT molecular complexity index is 1360. The minimum atomic E-state index is -4.39. The molecule has 4 rings (SSSR count). The number of hydrazone groups is 1. The molecule has 2 aromatic carbocycles. The number of imidazole rings is 1. The van der Waals surface area contributed by atoms with Gasteiger partial charge in [-0.15, -0.1) is 5.10 Å². The number of hydrogen-bond acceptors (Lipinski definition) is 9. The molecule has 0 spiro atoms. The number of hydrazine groups is 1. The maximum absolute atomic E-state index is 13.2. The molecule has 1 unspecified atom stereocenters. The van der Waals surface area contributed by atoms with Crippen LogP contribution in [0.3, 0.4) is 0 Å². The van der Waals surface area contributed by atoms with Gasteiger partial charge in [0.05, 0.1) is 26.7 Å². The van der Waals surface area contributed by atoms with Crippen LogP contribution < -0.4 is 33.7 Å². The molecule has 1 atom stereocenters. The highest BCUT2D eigenvalue weighted by Gasteiger charge is 2.36. The van der Waals surface area contributed by atoms with Crippen molar-refractivity contribution >= 4 is 43.6 Å². The Balaban J connectivity index is 2.05. The van der Waals surface area contributed by atoms with Crippen molar-refractivity contribution in [1.82, 2.24) is 15.5 Å². The lowest BCUT2D eigenvalue weighted by atomic mass is 9.93. The topological polar surface area (TPSA) is 234 Å². The van der Waals surface area contributed by atoms with Crippen LogP contribution in [0.25, 0.3) is 22.2 Å². The summed E-state index contributed by atoms with van der Waals surface area (Å²) in [6, 6.07) is 8.23. The van der Waals surface area contributed by atoms with Gasteiger partial charge in [0.25, 0.3) is 0 Å². The quantitative estimate of drug-likeness (QED) is 0.101. The van der Waals surface area contributed by atoms with E-state index in [0.29, 0.717) is 35.0 Å². The predicted molar refractivity (Wildman–Crippen MR) is 123 cm³/mol. The molecule has 0 amide bonds. The number of para-hydroxylation sites is 1. The number of fused-ring (bicyclic) bond motifs is 1. The van der Waals surface area contributed by atoms with Crippen LogP contribution in [0, 0.1) is 0 Å².